The second kappa shape index (κ2) is 13.7. The molecule has 1 heterocycles. The maximum Gasteiger partial charge on any atom is 0.0640 e. The van der Waals surface area contributed by atoms with Gasteiger partial charge in [-0.2, -0.15) is 0 Å². The number of benzene rings is 9. The van der Waals surface area contributed by atoms with Crippen molar-refractivity contribution in [2.75, 3.05) is 4.90 Å². The van der Waals surface area contributed by atoms with E-state index in [9.17, 15) is 0 Å². The van der Waals surface area contributed by atoms with Gasteiger partial charge in [-0.05, 0) is 110 Å². The molecular formula is C52H35NS. The van der Waals surface area contributed by atoms with Crippen LogP contribution in [0.3, 0.4) is 0 Å². The monoisotopic (exact) mass is 705 g/mol. The van der Waals surface area contributed by atoms with Gasteiger partial charge in [-0.25, -0.2) is 0 Å². The summed E-state index contributed by atoms with van der Waals surface area (Å²) in [4.78, 5) is 2.43. The molecule has 0 saturated carbocycles. The largest absolute Gasteiger partial charge is 0.309 e. The van der Waals surface area contributed by atoms with Gasteiger partial charge in [0.1, 0.15) is 0 Å². The first-order valence-corrected chi connectivity index (χ1v) is 19.2. The van der Waals surface area contributed by atoms with Gasteiger partial charge < -0.3 is 4.90 Å². The molecule has 0 unspecified atom stereocenters. The predicted molar refractivity (Wildman–Crippen MR) is 233 cm³/mol. The maximum atomic E-state index is 2.43. The van der Waals surface area contributed by atoms with Crippen molar-refractivity contribution in [2.45, 2.75) is 0 Å². The van der Waals surface area contributed by atoms with E-state index in [1.165, 1.54) is 81.1 Å². The van der Waals surface area contributed by atoms with Crippen LogP contribution in [0.4, 0.5) is 17.1 Å². The molecule has 0 aliphatic heterocycles. The Labute approximate surface area is 319 Å². The lowest BCUT2D eigenvalue weighted by atomic mass is 9.97. The first-order chi connectivity index (χ1) is 26.7. The molecule has 2 heteroatoms. The van der Waals surface area contributed by atoms with Gasteiger partial charge in [0, 0.05) is 26.8 Å². The molecule has 0 bridgehead atoms. The van der Waals surface area contributed by atoms with Crippen LogP contribution in [0, 0.1) is 0 Å². The second-order valence-corrected chi connectivity index (χ2v) is 14.8. The molecule has 10 aromatic rings. The van der Waals surface area contributed by atoms with Gasteiger partial charge in [-0.15, -0.1) is 11.3 Å². The van der Waals surface area contributed by atoms with Crippen molar-refractivity contribution in [1.82, 2.24) is 0 Å². The average molecular weight is 706 g/mol. The summed E-state index contributed by atoms with van der Waals surface area (Å²) in [7, 11) is 0. The van der Waals surface area contributed by atoms with Crippen LogP contribution in [0.25, 0.3) is 75.5 Å². The van der Waals surface area contributed by atoms with Crippen LogP contribution >= 0.6 is 11.3 Å². The Morgan fingerprint density at radius 2 is 0.815 bits per heavy atom. The Balaban J connectivity index is 1.07. The Bertz CT molecular complexity index is 2940. The highest BCUT2D eigenvalue weighted by Gasteiger charge is 2.19. The van der Waals surface area contributed by atoms with Gasteiger partial charge in [0.25, 0.3) is 0 Å². The molecule has 0 atom stereocenters. The van der Waals surface area contributed by atoms with E-state index in [-0.39, 0.29) is 0 Å². The number of rotatable bonds is 7. The fourth-order valence-corrected chi connectivity index (χ4v) is 8.93. The zero-order valence-electron chi connectivity index (χ0n) is 29.6. The van der Waals surface area contributed by atoms with Crippen LogP contribution in [0.1, 0.15) is 0 Å². The lowest BCUT2D eigenvalue weighted by molar-refractivity contribution is 1.30. The minimum Gasteiger partial charge on any atom is -0.309 e. The molecule has 0 saturated heterocycles. The summed E-state index contributed by atoms with van der Waals surface area (Å²) in [6.45, 7) is 0. The first-order valence-electron chi connectivity index (χ1n) is 18.4. The van der Waals surface area contributed by atoms with Crippen LogP contribution in [0.15, 0.2) is 212 Å². The van der Waals surface area contributed by atoms with Crippen LogP contribution < -0.4 is 4.90 Å². The van der Waals surface area contributed by atoms with Crippen LogP contribution in [-0.2, 0) is 0 Å². The van der Waals surface area contributed by atoms with Crippen molar-refractivity contribution in [2.24, 2.45) is 0 Å². The normalized spacial score (nSPS) is 11.3. The summed E-state index contributed by atoms with van der Waals surface area (Å²) >= 11 is 1.86. The van der Waals surface area contributed by atoms with Gasteiger partial charge >= 0.3 is 0 Å². The molecule has 0 aliphatic rings. The van der Waals surface area contributed by atoms with Gasteiger partial charge in [-0.1, -0.05) is 158 Å². The van der Waals surface area contributed by atoms with E-state index in [1.54, 1.807) is 0 Å². The van der Waals surface area contributed by atoms with E-state index in [2.05, 4.69) is 217 Å². The molecule has 0 radical (unpaired) electrons. The minimum absolute atomic E-state index is 1.12. The highest BCUT2D eigenvalue weighted by atomic mass is 32.1. The highest BCUT2D eigenvalue weighted by molar-refractivity contribution is 7.26. The van der Waals surface area contributed by atoms with Crippen LogP contribution in [0.5, 0.6) is 0 Å². The summed E-state index contributed by atoms with van der Waals surface area (Å²) < 4.78 is 2.58. The smallest absolute Gasteiger partial charge is 0.0640 e. The number of thiophene rings is 1. The number of nitrogens with zero attached hydrogens (tertiary/aromatic N) is 1. The van der Waals surface area contributed by atoms with Crippen molar-refractivity contribution in [3.8, 4) is 44.5 Å². The molecule has 9 aromatic carbocycles. The van der Waals surface area contributed by atoms with Crippen LogP contribution in [0.2, 0.25) is 0 Å². The van der Waals surface area contributed by atoms with E-state index in [1.807, 2.05) is 11.3 Å². The van der Waals surface area contributed by atoms with Gasteiger partial charge in [-0.3, -0.25) is 0 Å². The number of hydrogen-bond acceptors (Lipinski definition) is 2. The quantitative estimate of drug-likeness (QED) is 0.160. The lowest BCUT2D eigenvalue weighted by Gasteiger charge is -2.27. The van der Waals surface area contributed by atoms with E-state index >= 15 is 0 Å². The number of anilines is 3. The SMILES string of the molecule is c1ccc(-c2cccc(-c3cccc(N(c4ccc(-c5cccc(-c6ccc7ccccc7c6)c5)cc4)c4cccc5c4sc4ccccc45)c3)c2)cc1. The summed E-state index contributed by atoms with van der Waals surface area (Å²) in [5.74, 6) is 0. The van der Waals surface area contributed by atoms with E-state index in [4.69, 9.17) is 0 Å². The molecule has 1 nitrogen and oxygen atoms in total. The summed E-state index contributed by atoms with van der Waals surface area (Å²) in [5, 5.41) is 5.10. The van der Waals surface area contributed by atoms with Gasteiger partial charge in [0.05, 0.1) is 10.4 Å². The highest BCUT2D eigenvalue weighted by Crippen LogP contribution is 2.45. The van der Waals surface area contributed by atoms with E-state index in [0.717, 1.165) is 11.4 Å². The summed E-state index contributed by atoms with van der Waals surface area (Å²) in [5.41, 5.74) is 13.0. The Kier molecular flexibility index (Phi) is 8.09. The molecule has 54 heavy (non-hydrogen) atoms. The van der Waals surface area contributed by atoms with Gasteiger partial charge in [0.2, 0.25) is 0 Å². The summed E-state index contributed by atoms with van der Waals surface area (Å²) in [6, 6.07) is 77.1. The maximum absolute atomic E-state index is 2.43. The number of hydrogen-bond donors (Lipinski definition) is 0. The van der Waals surface area contributed by atoms with Crippen molar-refractivity contribution in [3.05, 3.63) is 212 Å². The number of fused-ring (bicyclic) bond motifs is 4. The topological polar surface area (TPSA) is 3.24 Å². The predicted octanol–water partition coefficient (Wildman–Crippen LogP) is 15.3. The standard InChI is InChI=1S/C52H35NS/c1-2-12-36(13-3-1)40-16-8-18-42(32-40)44-20-10-21-47(35-44)53(50-24-11-23-49-48-22-6-7-25-51(48)54-52(49)50)46-30-28-38(29-31-46)41-17-9-19-43(33-41)45-27-26-37-14-4-5-15-39(37)34-45/h1-35H. The van der Waals surface area contributed by atoms with Crippen molar-refractivity contribution >= 4 is 59.3 Å². The Morgan fingerprint density at radius 1 is 0.296 bits per heavy atom. The third-order valence-corrected chi connectivity index (χ3v) is 11.6. The lowest BCUT2D eigenvalue weighted by Crippen LogP contribution is -2.10. The molecule has 0 spiro atoms. The van der Waals surface area contributed by atoms with E-state index < -0.39 is 0 Å². The second-order valence-electron chi connectivity index (χ2n) is 13.8. The molecule has 0 fully saturated rings. The van der Waals surface area contributed by atoms with Crippen molar-refractivity contribution in [1.29, 1.82) is 0 Å². The van der Waals surface area contributed by atoms with Crippen molar-refractivity contribution in [3.63, 3.8) is 0 Å². The third kappa shape index (κ3) is 5.93. The van der Waals surface area contributed by atoms with E-state index in [0.29, 0.717) is 0 Å². The minimum atomic E-state index is 1.12. The molecule has 0 N–H and O–H groups in total. The first kappa shape index (κ1) is 32.0. The zero-order chi connectivity index (χ0) is 35.8. The Morgan fingerprint density at radius 3 is 1.57 bits per heavy atom. The Hall–Kier alpha value is -6.74. The molecule has 1 aromatic heterocycles. The fourth-order valence-electron chi connectivity index (χ4n) is 7.72. The zero-order valence-corrected chi connectivity index (χ0v) is 30.4. The molecule has 0 amide bonds. The average Bonchev–Trinajstić information content (AvgIpc) is 3.64. The van der Waals surface area contributed by atoms with Crippen LogP contribution in [-0.4, -0.2) is 0 Å². The molecular weight excluding hydrogens is 671 g/mol. The molecule has 10 rings (SSSR count). The third-order valence-electron chi connectivity index (χ3n) is 10.4. The fraction of sp³-hybridized carbons (Fsp3) is 0. The molecule has 254 valence electrons. The van der Waals surface area contributed by atoms with Crippen molar-refractivity contribution < 1.29 is 0 Å². The molecule has 0 aliphatic carbocycles. The van der Waals surface area contributed by atoms with Gasteiger partial charge in [0.15, 0.2) is 0 Å². The summed E-state index contributed by atoms with van der Waals surface area (Å²) in [6.07, 6.45) is 0.